The third-order valence-corrected chi connectivity index (χ3v) is 8.30. The van der Waals surface area contributed by atoms with E-state index in [0.29, 0.717) is 0 Å². The summed E-state index contributed by atoms with van der Waals surface area (Å²) in [7, 11) is -0.431. The van der Waals surface area contributed by atoms with E-state index in [4.69, 9.17) is 13.7 Å². The van der Waals surface area contributed by atoms with Crippen LogP contribution in [0.3, 0.4) is 0 Å². The normalized spacial score (nSPS) is 22.8. The van der Waals surface area contributed by atoms with Crippen molar-refractivity contribution in [2.24, 2.45) is 0 Å². The molecule has 0 amide bonds. The highest BCUT2D eigenvalue weighted by Gasteiger charge is 2.52. The molecule has 0 spiro atoms. The summed E-state index contributed by atoms with van der Waals surface area (Å²) in [5, 5.41) is 1.05. The maximum Gasteiger partial charge on any atom is 0.498 e. The van der Waals surface area contributed by atoms with Crippen molar-refractivity contribution in [3.05, 3.63) is 53.8 Å². The standard InChI is InChI=1S/C28H35BO3/c1-25(2)14-15-26(3,4)22-16-18(12-13-21(22)25)19-10-9-11-20-23(17-30-24(19)20)29-31-27(5,6)28(7,8)32-29/h9-13,16-17H,14-15H2,1-8H3. The average molecular weight is 430 g/mol. The fourth-order valence-electron chi connectivity index (χ4n) is 5.21. The largest absolute Gasteiger partial charge is 0.498 e. The number of hydrogen-bond donors (Lipinski definition) is 0. The molecular weight excluding hydrogens is 395 g/mol. The minimum absolute atomic E-state index is 0.172. The molecular formula is C28H35BO3. The van der Waals surface area contributed by atoms with Gasteiger partial charge in [-0.1, -0.05) is 64.1 Å². The maximum absolute atomic E-state index is 6.30. The van der Waals surface area contributed by atoms with Gasteiger partial charge >= 0.3 is 7.12 Å². The van der Waals surface area contributed by atoms with E-state index in [1.165, 1.54) is 29.5 Å². The van der Waals surface area contributed by atoms with E-state index in [2.05, 4.69) is 91.8 Å². The Balaban J connectivity index is 1.60. The molecule has 3 nitrogen and oxygen atoms in total. The predicted molar refractivity (Wildman–Crippen MR) is 133 cm³/mol. The van der Waals surface area contributed by atoms with Gasteiger partial charge in [-0.2, -0.15) is 0 Å². The topological polar surface area (TPSA) is 31.6 Å². The molecule has 2 aliphatic rings. The third kappa shape index (κ3) is 3.18. The molecule has 4 heteroatoms. The third-order valence-electron chi connectivity index (χ3n) is 8.30. The second-order valence-corrected chi connectivity index (χ2v) is 12.0. The van der Waals surface area contributed by atoms with Gasteiger partial charge in [0, 0.05) is 16.4 Å². The molecule has 0 unspecified atom stereocenters. The molecule has 0 radical (unpaired) electrons. The van der Waals surface area contributed by atoms with Crippen LogP contribution in [0.15, 0.2) is 47.1 Å². The monoisotopic (exact) mass is 430 g/mol. The molecule has 0 N–H and O–H groups in total. The van der Waals surface area contributed by atoms with E-state index >= 15 is 0 Å². The van der Waals surface area contributed by atoms with E-state index in [1.807, 2.05) is 6.26 Å². The Morgan fingerprint density at radius 2 is 1.38 bits per heavy atom. The molecule has 1 saturated heterocycles. The Morgan fingerprint density at radius 1 is 0.750 bits per heavy atom. The highest BCUT2D eigenvalue weighted by atomic mass is 16.7. The Bertz CT molecular complexity index is 1180. The predicted octanol–water partition coefficient (Wildman–Crippen LogP) is 6.75. The van der Waals surface area contributed by atoms with Crippen LogP contribution in [0.4, 0.5) is 0 Å². The average Bonchev–Trinajstić information content (AvgIpc) is 3.23. The molecule has 5 rings (SSSR count). The quantitative estimate of drug-likeness (QED) is 0.422. The highest BCUT2D eigenvalue weighted by molar-refractivity contribution is 6.65. The van der Waals surface area contributed by atoms with Crippen molar-refractivity contribution < 1.29 is 13.7 Å². The first-order valence-corrected chi connectivity index (χ1v) is 11.8. The molecule has 1 aliphatic heterocycles. The summed E-state index contributed by atoms with van der Waals surface area (Å²) in [4.78, 5) is 0. The maximum atomic E-state index is 6.30. The fourth-order valence-corrected chi connectivity index (χ4v) is 5.21. The van der Waals surface area contributed by atoms with E-state index in [0.717, 1.165) is 22.0 Å². The molecule has 2 aromatic carbocycles. The molecule has 0 bridgehead atoms. The van der Waals surface area contributed by atoms with Crippen molar-refractivity contribution in [3.63, 3.8) is 0 Å². The van der Waals surface area contributed by atoms with Crippen LogP contribution < -0.4 is 5.46 Å². The van der Waals surface area contributed by atoms with Gasteiger partial charge in [-0.25, -0.2) is 0 Å². The number of benzene rings is 2. The SMILES string of the molecule is CC1(C)CCC(C)(C)c2cc(-c3cccc4c(B5OC(C)(C)C(C)(C)O5)coc34)ccc21. The lowest BCUT2D eigenvalue weighted by molar-refractivity contribution is 0.00578. The Labute approximate surface area is 192 Å². The lowest BCUT2D eigenvalue weighted by Gasteiger charge is -2.42. The summed E-state index contributed by atoms with van der Waals surface area (Å²) < 4.78 is 18.8. The molecule has 0 saturated carbocycles. The smallest absolute Gasteiger partial charge is 0.464 e. The van der Waals surface area contributed by atoms with Gasteiger partial charge in [0.05, 0.1) is 17.5 Å². The van der Waals surface area contributed by atoms with Gasteiger partial charge < -0.3 is 13.7 Å². The molecule has 2 heterocycles. The summed E-state index contributed by atoms with van der Waals surface area (Å²) in [5.74, 6) is 0. The van der Waals surface area contributed by atoms with Gasteiger partial charge in [0.2, 0.25) is 0 Å². The van der Waals surface area contributed by atoms with E-state index in [-0.39, 0.29) is 22.0 Å². The Morgan fingerprint density at radius 3 is 2.03 bits per heavy atom. The van der Waals surface area contributed by atoms with Crippen molar-refractivity contribution in [1.82, 2.24) is 0 Å². The van der Waals surface area contributed by atoms with E-state index in [9.17, 15) is 0 Å². The van der Waals surface area contributed by atoms with E-state index < -0.39 is 7.12 Å². The highest BCUT2D eigenvalue weighted by Crippen LogP contribution is 2.47. The van der Waals surface area contributed by atoms with Crippen LogP contribution in [0, 0.1) is 0 Å². The van der Waals surface area contributed by atoms with Crippen LogP contribution in [0.2, 0.25) is 0 Å². The van der Waals surface area contributed by atoms with Crippen LogP contribution in [-0.4, -0.2) is 18.3 Å². The Hall–Kier alpha value is -2.04. The first-order valence-electron chi connectivity index (χ1n) is 11.8. The second kappa shape index (κ2) is 6.74. The van der Waals surface area contributed by atoms with Gasteiger partial charge in [0.1, 0.15) is 5.58 Å². The zero-order valence-electron chi connectivity index (χ0n) is 20.8. The zero-order valence-corrected chi connectivity index (χ0v) is 20.8. The van der Waals surface area contributed by atoms with E-state index in [1.54, 1.807) is 0 Å². The number of furan rings is 1. The molecule has 3 aromatic rings. The minimum Gasteiger partial charge on any atom is -0.464 e. The van der Waals surface area contributed by atoms with Crippen LogP contribution >= 0.6 is 0 Å². The van der Waals surface area contributed by atoms with Gasteiger partial charge in [-0.15, -0.1) is 0 Å². The van der Waals surface area contributed by atoms with Crippen molar-refractivity contribution in [2.45, 2.75) is 90.3 Å². The lowest BCUT2D eigenvalue weighted by Crippen LogP contribution is -2.41. The first-order chi connectivity index (χ1) is 14.8. The fraction of sp³-hybridized carbons (Fsp3) is 0.500. The first kappa shape index (κ1) is 21.8. The molecule has 32 heavy (non-hydrogen) atoms. The van der Waals surface area contributed by atoms with Crippen molar-refractivity contribution in [1.29, 1.82) is 0 Å². The lowest BCUT2D eigenvalue weighted by atomic mass is 9.63. The molecule has 1 aromatic heterocycles. The van der Waals surface area contributed by atoms with Gasteiger partial charge in [0.15, 0.2) is 0 Å². The Kier molecular flexibility index (Phi) is 4.59. The zero-order chi connectivity index (χ0) is 23.1. The number of rotatable bonds is 2. The van der Waals surface area contributed by atoms with Crippen LogP contribution in [0.1, 0.15) is 79.4 Å². The number of para-hydroxylation sites is 1. The molecule has 1 aliphatic carbocycles. The summed E-state index contributed by atoms with van der Waals surface area (Å²) >= 11 is 0. The molecule has 0 atom stereocenters. The molecule has 168 valence electrons. The van der Waals surface area contributed by atoms with Crippen LogP contribution in [-0.2, 0) is 20.1 Å². The number of fused-ring (bicyclic) bond motifs is 2. The van der Waals surface area contributed by atoms with Crippen LogP contribution in [0.5, 0.6) is 0 Å². The van der Waals surface area contributed by atoms with Gasteiger partial charge in [-0.3, -0.25) is 0 Å². The second-order valence-electron chi connectivity index (χ2n) is 12.0. The number of hydrogen-bond acceptors (Lipinski definition) is 3. The van der Waals surface area contributed by atoms with Crippen LogP contribution in [0.25, 0.3) is 22.1 Å². The van der Waals surface area contributed by atoms with Gasteiger partial charge in [0.25, 0.3) is 0 Å². The summed E-state index contributed by atoms with van der Waals surface area (Å²) in [6.07, 6.45) is 4.23. The summed E-state index contributed by atoms with van der Waals surface area (Å²) in [5.41, 5.74) is 6.73. The summed E-state index contributed by atoms with van der Waals surface area (Å²) in [6, 6.07) is 13.4. The summed E-state index contributed by atoms with van der Waals surface area (Å²) in [6.45, 7) is 17.8. The molecule has 1 fully saturated rings. The van der Waals surface area contributed by atoms with Crippen molar-refractivity contribution in [2.75, 3.05) is 0 Å². The minimum atomic E-state index is -0.431. The van der Waals surface area contributed by atoms with Gasteiger partial charge in [-0.05, 0) is 68.1 Å². The van der Waals surface area contributed by atoms with Crippen molar-refractivity contribution >= 4 is 23.6 Å². The van der Waals surface area contributed by atoms with Crippen molar-refractivity contribution in [3.8, 4) is 11.1 Å².